The van der Waals surface area contributed by atoms with Crippen molar-refractivity contribution >= 4 is 0 Å². The van der Waals surface area contributed by atoms with Crippen molar-refractivity contribution in [1.82, 2.24) is 5.32 Å². The van der Waals surface area contributed by atoms with Gasteiger partial charge in [0.15, 0.2) is 0 Å². The van der Waals surface area contributed by atoms with E-state index in [0.717, 1.165) is 0 Å². The van der Waals surface area contributed by atoms with E-state index in [1.807, 2.05) is 0 Å². The third-order valence-corrected chi connectivity index (χ3v) is 1.43. The third-order valence-electron chi connectivity index (χ3n) is 1.43. The van der Waals surface area contributed by atoms with Gasteiger partial charge in [-0.2, -0.15) is 0 Å². The molecule has 0 spiro atoms. The Balaban J connectivity index is 2.55. The summed E-state index contributed by atoms with van der Waals surface area (Å²) < 4.78 is 0. The van der Waals surface area contributed by atoms with Crippen LogP contribution in [0.25, 0.3) is 0 Å². The number of hydrogen-bond acceptors (Lipinski definition) is 1. The average molecular weight is 111 g/mol. The van der Waals surface area contributed by atoms with E-state index in [2.05, 4.69) is 32.3 Å². The second-order valence-electron chi connectivity index (χ2n) is 3.20. The number of hydrogen-bond donors (Lipinski definition) is 1. The second-order valence-corrected chi connectivity index (χ2v) is 3.20. The molecule has 0 atom stereocenters. The smallest absolute Gasteiger partial charge is 0.0349 e. The quantitative estimate of drug-likeness (QED) is 0.501. The van der Waals surface area contributed by atoms with Crippen LogP contribution in [0.5, 0.6) is 0 Å². The lowest BCUT2D eigenvalue weighted by molar-refractivity contribution is 0.472. The van der Waals surface area contributed by atoms with Gasteiger partial charge in [0, 0.05) is 5.54 Å². The first-order chi connectivity index (χ1) is 3.60. The maximum atomic E-state index is 3.28. The van der Waals surface area contributed by atoms with Gasteiger partial charge >= 0.3 is 0 Å². The van der Waals surface area contributed by atoms with Crippen molar-refractivity contribution in [2.75, 3.05) is 0 Å². The van der Waals surface area contributed by atoms with Crippen LogP contribution in [0.4, 0.5) is 0 Å². The average Bonchev–Trinajstić information content (AvgIpc) is 1.82. The summed E-state index contributed by atoms with van der Waals surface area (Å²) in [6.45, 7) is 6.57. The Morgan fingerprint density at radius 3 is 2.38 bits per heavy atom. The molecule has 0 aromatic heterocycles. The molecule has 0 aliphatic carbocycles. The Bertz CT molecular complexity index is 122. The molecule has 0 saturated heterocycles. The minimum atomic E-state index is 0.323. The van der Waals surface area contributed by atoms with Crippen LogP contribution in [0.1, 0.15) is 27.2 Å². The van der Waals surface area contributed by atoms with Crippen molar-refractivity contribution in [1.29, 1.82) is 0 Å². The van der Waals surface area contributed by atoms with Gasteiger partial charge in [-0.1, -0.05) is 5.57 Å². The lowest BCUT2D eigenvalue weighted by Crippen LogP contribution is -2.30. The molecule has 0 aromatic carbocycles. The van der Waals surface area contributed by atoms with E-state index in [-0.39, 0.29) is 0 Å². The normalized spacial score (nSPS) is 24.6. The summed E-state index contributed by atoms with van der Waals surface area (Å²) in [5.41, 5.74) is 1.78. The van der Waals surface area contributed by atoms with Crippen molar-refractivity contribution < 1.29 is 0 Å². The van der Waals surface area contributed by atoms with Crippen LogP contribution in [-0.4, -0.2) is 5.54 Å². The molecule has 1 aliphatic rings. The highest BCUT2D eigenvalue weighted by Gasteiger charge is 2.20. The van der Waals surface area contributed by atoms with E-state index < -0.39 is 0 Å². The van der Waals surface area contributed by atoms with Gasteiger partial charge < -0.3 is 5.32 Å². The fourth-order valence-electron chi connectivity index (χ4n) is 1.12. The van der Waals surface area contributed by atoms with Gasteiger partial charge in [-0.3, -0.25) is 0 Å². The predicted octanol–water partition coefficient (Wildman–Crippen LogP) is 1.66. The lowest BCUT2D eigenvalue weighted by atomic mass is 10.0. The summed E-state index contributed by atoms with van der Waals surface area (Å²) in [7, 11) is 0. The summed E-state index contributed by atoms with van der Waals surface area (Å²) in [5, 5.41) is 3.28. The first-order valence-corrected chi connectivity index (χ1v) is 3.03. The zero-order valence-corrected chi connectivity index (χ0v) is 5.78. The molecule has 0 unspecified atom stereocenters. The van der Waals surface area contributed by atoms with E-state index in [4.69, 9.17) is 0 Å². The summed E-state index contributed by atoms with van der Waals surface area (Å²) >= 11 is 0. The van der Waals surface area contributed by atoms with Gasteiger partial charge in [0.25, 0.3) is 0 Å². The molecule has 0 fully saturated rings. The van der Waals surface area contributed by atoms with Gasteiger partial charge in [0.2, 0.25) is 0 Å². The van der Waals surface area contributed by atoms with Crippen molar-refractivity contribution in [3.8, 4) is 0 Å². The van der Waals surface area contributed by atoms with E-state index in [1.165, 1.54) is 12.0 Å². The highest BCUT2D eigenvalue weighted by molar-refractivity contribution is 5.11. The van der Waals surface area contributed by atoms with Crippen LogP contribution in [0, 0.1) is 0 Å². The highest BCUT2D eigenvalue weighted by Crippen LogP contribution is 2.20. The Morgan fingerprint density at radius 2 is 2.25 bits per heavy atom. The summed E-state index contributed by atoms with van der Waals surface area (Å²) in [4.78, 5) is 0. The maximum absolute atomic E-state index is 3.28. The molecule has 1 rings (SSSR count). The molecule has 1 heterocycles. The molecule has 8 heavy (non-hydrogen) atoms. The standard InChI is InChI=1S/C7H13N/c1-6-4-7(2,3)8-5-6/h5,8H,4H2,1-3H3. The van der Waals surface area contributed by atoms with Gasteiger partial charge in [-0.05, 0) is 33.4 Å². The predicted molar refractivity (Wildman–Crippen MR) is 35.6 cm³/mol. The van der Waals surface area contributed by atoms with Crippen LogP contribution in [0.15, 0.2) is 11.8 Å². The van der Waals surface area contributed by atoms with Crippen molar-refractivity contribution in [3.05, 3.63) is 11.8 Å². The molecule has 0 bridgehead atoms. The molecular formula is C7H13N. The molecule has 0 amide bonds. The van der Waals surface area contributed by atoms with Gasteiger partial charge in [0.05, 0.1) is 0 Å². The lowest BCUT2D eigenvalue weighted by Gasteiger charge is -2.17. The molecule has 1 aliphatic heterocycles. The second kappa shape index (κ2) is 1.51. The van der Waals surface area contributed by atoms with Gasteiger partial charge in [0.1, 0.15) is 0 Å². The van der Waals surface area contributed by atoms with Crippen molar-refractivity contribution in [3.63, 3.8) is 0 Å². The zero-order chi connectivity index (χ0) is 6.20. The van der Waals surface area contributed by atoms with E-state index in [1.54, 1.807) is 0 Å². The summed E-state index contributed by atoms with van der Waals surface area (Å²) in [5.74, 6) is 0. The molecule has 1 heteroatoms. The fraction of sp³-hybridized carbons (Fsp3) is 0.714. The summed E-state index contributed by atoms with van der Waals surface area (Å²) in [6.07, 6.45) is 3.28. The number of nitrogens with one attached hydrogen (secondary N) is 1. The topological polar surface area (TPSA) is 12.0 Å². The SMILES string of the molecule is CC1=CNC(C)(C)C1. The van der Waals surface area contributed by atoms with Crippen LogP contribution in [-0.2, 0) is 0 Å². The maximum Gasteiger partial charge on any atom is 0.0349 e. The first kappa shape index (κ1) is 5.67. The molecule has 1 N–H and O–H groups in total. The Hall–Kier alpha value is -0.460. The monoisotopic (exact) mass is 111 g/mol. The van der Waals surface area contributed by atoms with Crippen molar-refractivity contribution in [2.24, 2.45) is 0 Å². The number of rotatable bonds is 0. The molecule has 0 saturated carbocycles. The third kappa shape index (κ3) is 1.03. The van der Waals surface area contributed by atoms with E-state index in [9.17, 15) is 0 Å². The Kier molecular flexibility index (Phi) is 1.07. The van der Waals surface area contributed by atoms with Gasteiger partial charge in [-0.15, -0.1) is 0 Å². The van der Waals surface area contributed by atoms with Crippen LogP contribution >= 0.6 is 0 Å². The van der Waals surface area contributed by atoms with Gasteiger partial charge in [-0.25, -0.2) is 0 Å². The molecule has 1 nitrogen and oxygen atoms in total. The van der Waals surface area contributed by atoms with Crippen LogP contribution < -0.4 is 5.32 Å². The Labute approximate surface area is 50.8 Å². The molecular weight excluding hydrogens is 98.1 g/mol. The van der Waals surface area contributed by atoms with Crippen LogP contribution in [0.2, 0.25) is 0 Å². The van der Waals surface area contributed by atoms with Crippen LogP contribution in [0.3, 0.4) is 0 Å². The zero-order valence-electron chi connectivity index (χ0n) is 5.78. The van der Waals surface area contributed by atoms with Crippen molar-refractivity contribution in [2.45, 2.75) is 32.7 Å². The Morgan fingerprint density at radius 1 is 1.62 bits per heavy atom. The highest BCUT2D eigenvalue weighted by atomic mass is 15.0. The minimum absolute atomic E-state index is 0.323. The first-order valence-electron chi connectivity index (χ1n) is 3.03. The summed E-state index contributed by atoms with van der Waals surface area (Å²) in [6, 6.07) is 0. The molecule has 0 aromatic rings. The largest absolute Gasteiger partial charge is 0.386 e. The molecule has 46 valence electrons. The molecule has 0 radical (unpaired) electrons. The van der Waals surface area contributed by atoms with E-state index >= 15 is 0 Å². The van der Waals surface area contributed by atoms with E-state index in [0.29, 0.717) is 5.54 Å². The fourth-order valence-corrected chi connectivity index (χ4v) is 1.12. The minimum Gasteiger partial charge on any atom is -0.386 e.